The van der Waals surface area contributed by atoms with Gasteiger partial charge in [0.15, 0.2) is 0 Å². The van der Waals surface area contributed by atoms with Crippen LogP contribution in [0.4, 0.5) is 0 Å². The van der Waals surface area contributed by atoms with E-state index in [1.165, 1.54) is 0 Å². The zero-order valence-corrected chi connectivity index (χ0v) is 7.09. The summed E-state index contributed by atoms with van der Waals surface area (Å²) in [6.07, 6.45) is 0. The summed E-state index contributed by atoms with van der Waals surface area (Å²) in [4.78, 5) is 0. The second-order valence-electron chi connectivity index (χ2n) is 0. The predicted octanol–water partition coefficient (Wildman–Crippen LogP) is -0.621. The van der Waals surface area contributed by atoms with Crippen LogP contribution >= 0.6 is 0 Å². The van der Waals surface area contributed by atoms with Gasteiger partial charge in [-0.05, 0) is 0 Å². The van der Waals surface area contributed by atoms with Crippen LogP contribution in [0.3, 0.4) is 0 Å². The molecular weight excluding hydrogens is 170 g/mol. The molecule has 0 saturated heterocycles. The molecule has 0 saturated carbocycles. The summed E-state index contributed by atoms with van der Waals surface area (Å²) < 4.78 is 0. The first-order valence-corrected chi connectivity index (χ1v) is 0. The molecule has 18 valence electrons. The van der Waals surface area contributed by atoms with E-state index >= 15 is 0 Å². The normalized spacial score (nSPS) is 0. The van der Waals surface area contributed by atoms with E-state index in [4.69, 9.17) is 0 Å². The molecule has 0 aliphatic carbocycles. The van der Waals surface area contributed by atoms with Gasteiger partial charge >= 0.3 is 37.1 Å². The van der Waals surface area contributed by atoms with Crippen molar-refractivity contribution in [1.82, 2.24) is 0 Å². The van der Waals surface area contributed by atoms with Gasteiger partial charge in [-0.25, -0.2) is 0 Å². The van der Waals surface area contributed by atoms with E-state index in [9.17, 15) is 0 Å². The first-order chi connectivity index (χ1) is 0. The predicted molar refractivity (Wildman–Crippen MR) is 7.13 cm³/mol. The maximum Gasteiger partial charge on any atom is 2.00 e. The molecule has 0 aromatic carbocycles. The van der Waals surface area contributed by atoms with E-state index < -0.39 is 0 Å². The molecule has 0 amide bonds. The minimum Gasteiger partial charge on any atom is -2.00 e. The topological polar surface area (TPSA) is 57.0 Å². The molecule has 0 aromatic heterocycles. The van der Waals surface area contributed by atoms with Gasteiger partial charge in [-0.1, -0.05) is 0 Å². The molecule has 0 rings (SSSR count). The molecule has 2 radical (unpaired) electrons. The van der Waals surface area contributed by atoms with Crippen LogP contribution in [0.5, 0.6) is 0 Å². The monoisotopic (exact) mass is 170 g/mol. The Labute approximate surface area is 48.3 Å². The average Bonchev–Trinajstić information content (AvgIpc) is 0. The summed E-state index contributed by atoms with van der Waals surface area (Å²) in [5, 5.41) is 0. The molecule has 0 atom stereocenters. The molecule has 0 aliphatic heterocycles. The van der Waals surface area contributed by atoms with Gasteiger partial charge in [0.25, 0.3) is 0 Å². The van der Waals surface area contributed by atoms with Gasteiger partial charge in [-0.15, -0.1) is 0 Å². The Hall–Kier alpha value is 1.09. The Morgan fingerprint density at radius 1 is 0.750 bits per heavy atom. The van der Waals surface area contributed by atoms with E-state index in [-0.39, 0.29) is 48.0 Å². The van der Waals surface area contributed by atoms with Crippen LogP contribution in [0, 0.1) is 0 Å². The van der Waals surface area contributed by atoms with E-state index in [2.05, 4.69) is 0 Å². The van der Waals surface area contributed by atoms with Crippen molar-refractivity contribution < 1.29 is 30.4 Å². The molecule has 0 unspecified atom stereocenters. The largest absolute Gasteiger partial charge is 2.00 e. The molecule has 0 aromatic rings. The van der Waals surface area contributed by atoms with E-state index in [1.807, 2.05) is 0 Å². The molecular formula is GeO2Zn. The van der Waals surface area contributed by atoms with Gasteiger partial charge in [-0.2, -0.15) is 0 Å². The third-order valence-corrected chi connectivity index (χ3v) is 0. The molecule has 4 heavy (non-hydrogen) atoms. The van der Waals surface area contributed by atoms with Crippen molar-refractivity contribution >= 4 is 17.6 Å². The smallest absolute Gasteiger partial charge is 2.00 e. The van der Waals surface area contributed by atoms with Crippen LogP contribution in [0.1, 0.15) is 0 Å². The molecule has 0 fully saturated rings. The van der Waals surface area contributed by atoms with Gasteiger partial charge in [-0.3, -0.25) is 0 Å². The van der Waals surface area contributed by atoms with E-state index in [0.717, 1.165) is 0 Å². The van der Waals surface area contributed by atoms with Crippen molar-refractivity contribution in [2.75, 3.05) is 0 Å². The van der Waals surface area contributed by atoms with Crippen molar-refractivity contribution in [3.05, 3.63) is 0 Å². The van der Waals surface area contributed by atoms with Crippen molar-refractivity contribution in [3.8, 4) is 0 Å². The quantitative estimate of drug-likeness (QED) is 0.435. The Balaban J connectivity index is 0. The van der Waals surface area contributed by atoms with Crippen molar-refractivity contribution in [2.45, 2.75) is 0 Å². The minimum absolute atomic E-state index is 0. The standard InChI is InChI=1S/Ge.2O.Zn/q+2;2*-2;+2. The summed E-state index contributed by atoms with van der Waals surface area (Å²) in [6, 6.07) is 0. The molecule has 0 aliphatic rings. The zero-order valence-electron chi connectivity index (χ0n) is 2.02. The van der Waals surface area contributed by atoms with Gasteiger partial charge in [0.05, 0.1) is 0 Å². The summed E-state index contributed by atoms with van der Waals surface area (Å²) in [5.41, 5.74) is 0. The fourth-order valence-corrected chi connectivity index (χ4v) is 0. The van der Waals surface area contributed by atoms with Gasteiger partial charge in [0.1, 0.15) is 0 Å². The average molecular weight is 170 g/mol. The SMILES string of the molecule is [Ge+2].[O-2].[O-2].[Zn+2]. The summed E-state index contributed by atoms with van der Waals surface area (Å²) in [5.74, 6) is 0. The Morgan fingerprint density at radius 2 is 0.750 bits per heavy atom. The zero-order chi connectivity index (χ0) is 0. The Bertz CT molecular complexity index is 6.00. The van der Waals surface area contributed by atoms with Gasteiger partial charge < -0.3 is 11.0 Å². The molecule has 2 nitrogen and oxygen atoms in total. The number of hydrogen-bond donors (Lipinski definition) is 0. The minimum atomic E-state index is 0. The summed E-state index contributed by atoms with van der Waals surface area (Å²) in [6.45, 7) is 0. The van der Waals surface area contributed by atoms with E-state index in [0.29, 0.717) is 0 Å². The third-order valence-electron chi connectivity index (χ3n) is 0. The van der Waals surface area contributed by atoms with Crippen LogP contribution in [0.2, 0.25) is 0 Å². The Morgan fingerprint density at radius 3 is 0.750 bits per heavy atom. The Kier molecular flexibility index (Phi) is 594. The maximum atomic E-state index is 0. The second kappa shape index (κ2) is 33.0. The third kappa shape index (κ3) is 11.4. The summed E-state index contributed by atoms with van der Waals surface area (Å²) >= 11 is 0. The van der Waals surface area contributed by atoms with Crippen LogP contribution in [-0.2, 0) is 30.4 Å². The maximum absolute atomic E-state index is 0. The van der Waals surface area contributed by atoms with Crippen LogP contribution in [0.15, 0.2) is 0 Å². The number of rotatable bonds is 0. The van der Waals surface area contributed by atoms with Crippen LogP contribution < -0.4 is 0 Å². The van der Waals surface area contributed by atoms with Crippen LogP contribution in [-0.4, -0.2) is 17.6 Å². The van der Waals surface area contributed by atoms with Crippen molar-refractivity contribution in [2.24, 2.45) is 0 Å². The fourth-order valence-electron chi connectivity index (χ4n) is 0. The van der Waals surface area contributed by atoms with Crippen molar-refractivity contribution in [1.29, 1.82) is 0 Å². The molecule has 0 bridgehead atoms. The summed E-state index contributed by atoms with van der Waals surface area (Å²) in [7, 11) is 0. The first-order valence-electron chi connectivity index (χ1n) is 0. The molecule has 4 heteroatoms. The van der Waals surface area contributed by atoms with Crippen LogP contribution in [0.25, 0.3) is 0 Å². The fraction of sp³-hybridized carbons (Fsp3) is 0. The molecule has 0 heterocycles. The van der Waals surface area contributed by atoms with Gasteiger partial charge in [0, 0.05) is 0 Å². The van der Waals surface area contributed by atoms with E-state index in [1.54, 1.807) is 0 Å². The van der Waals surface area contributed by atoms with Gasteiger partial charge in [0.2, 0.25) is 0 Å². The molecule has 0 N–H and O–H groups in total. The number of hydrogen-bond acceptors (Lipinski definition) is 0. The van der Waals surface area contributed by atoms with Crippen molar-refractivity contribution in [3.63, 3.8) is 0 Å². The first kappa shape index (κ1) is 72.0. The molecule has 0 spiro atoms. The second-order valence-corrected chi connectivity index (χ2v) is 0.